The summed E-state index contributed by atoms with van der Waals surface area (Å²) in [5.74, 6) is -0.193. The van der Waals surface area contributed by atoms with Crippen molar-refractivity contribution in [3.05, 3.63) is 107 Å². The first kappa shape index (κ1) is 21.5. The average Bonchev–Trinajstić information content (AvgIpc) is 2.77. The number of Topliss-reactive ketones (excluding diaryl/α,β-unsaturated/α-hetero) is 1. The zero-order valence-corrected chi connectivity index (χ0v) is 17.7. The molecule has 0 spiro atoms. The largest absolute Gasteiger partial charge is 0.342 e. The smallest absolute Gasteiger partial charge is 0.251 e. The molecular formula is C27H29NO2. The van der Waals surface area contributed by atoms with E-state index in [1.54, 1.807) is 12.1 Å². The van der Waals surface area contributed by atoms with Gasteiger partial charge in [0.25, 0.3) is 5.91 Å². The molecule has 0 radical (unpaired) electrons. The Morgan fingerprint density at radius 3 is 2.13 bits per heavy atom. The van der Waals surface area contributed by atoms with Crippen LogP contribution in [0.25, 0.3) is 0 Å². The zero-order valence-electron chi connectivity index (χ0n) is 17.7. The van der Waals surface area contributed by atoms with Crippen LogP contribution in [0.2, 0.25) is 0 Å². The number of carbonyl (C=O) groups is 2. The molecule has 3 aromatic rings. The summed E-state index contributed by atoms with van der Waals surface area (Å²) in [6.45, 7) is 4.24. The maximum atomic E-state index is 13.3. The highest BCUT2D eigenvalue weighted by Crippen LogP contribution is 2.18. The monoisotopic (exact) mass is 399 g/mol. The Hall–Kier alpha value is -3.20. The summed E-state index contributed by atoms with van der Waals surface area (Å²) in [6.07, 6.45) is 2.87. The number of carbonyl (C=O) groups excluding carboxylic acids is 2. The van der Waals surface area contributed by atoms with Gasteiger partial charge in [-0.2, -0.15) is 0 Å². The van der Waals surface area contributed by atoms with Crippen LogP contribution >= 0.6 is 0 Å². The van der Waals surface area contributed by atoms with E-state index in [4.69, 9.17) is 0 Å². The van der Waals surface area contributed by atoms with Crippen LogP contribution in [0.15, 0.2) is 78.9 Å². The molecule has 1 N–H and O–H groups in total. The number of ketones is 1. The van der Waals surface area contributed by atoms with Crippen LogP contribution in [0.1, 0.15) is 46.0 Å². The lowest BCUT2D eigenvalue weighted by molar-refractivity contribution is -0.120. The van der Waals surface area contributed by atoms with E-state index < -0.39 is 6.04 Å². The molecule has 0 aliphatic carbocycles. The van der Waals surface area contributed by atoms with Crippen LogP contribution in [-0.2, 0) is 24.1 Å². The van der Waals surface area contributed by atoms with Crippen LogP contribution in [-0.4, -0.2) is 17.7 Å². The minimum Gasteiger partial charge on any atom is -0.342 e. The van der Waals surface area contributed by atoms with Gasteiger partial charge in [0.2, 0.25) is 0 Å². The van der Waals surface area contributed by atoms with Gasteiger partial charge in [-0.3, -0.25) is 9.59 Å². The van der Waals surface area contributed by atoms with Gasteiger partial charge in [-0.15, -0.1) is 0 Å². The Morgan fingerprint density at radius 2 is 1.47 bits per heavy atom. The number of benzene rings is 3. The molecule has 0 aliphatic rings. The first-order valence-corrected chi connectivity index (χ1v) is 10.6. The Kier molecular flexibility index (Phi) is 7.56. The van der Waals surface area contributed by atoms with Gasteiger partial charge in [0.05, 0.1) is 6.04 Å². The highest BCUT2D eigenvalue weighted by atomic mass is 16.2. The van der Waals surface area contributed by atoms with E-state index in [-0.39, 0.29) is 11.7 Å². The number of nitrogens with one attached hydrogen (secondary N) is 1. The van der Waals surface area contributed by atoms with Crippen LogP contribution in [0.3, 0.4) is 0 Å². The van der Waals surface area contributed by atoms with E-state index in [0.29, 0.717) is 18.4 Å². The fraction of sp³-hybridized carbons (Fsp3) is 0.259. The van der Waals surface area contributed by atoms with E-state index in [0.717, 1.165) is 24.0 Å². The molecule has 0 fully saturated rings. The summed E-state index contributed by atoms with van der Waals surface area (Å²) in [4.78, 5) is 26.0. The lowest BCUT2D eigenvalue weighted by Gasteiger charge is -2.19. The number of rotatable bonds is 9. The van der Waals surface area contributed by atoms with E-state index in [9.17, 15) is 9.59 Å². The molecule has 1 atom stereocenters. The molecule has 3 heteroatoms. The summed E-state index contributed by atoms with van der Waals surface area (Å²) < 4.78 is 0. The van der Waals surface area contributed by atoms with Gasteiger partial charge in [-0.1, -0.05) is 80.1 Å². The van der Waals surface area contributed by atoms with Crippen molar-refractivity contribution in [3.63, 3.8) is 0 Å². The van der Waals surface area contributed by atoms with Crippen LogP contribution in [0, 0.1) is 6.92 Å². The van der Waals surface area contributed by atoms with Crippen molar-refractivity contribution in [3.8, 4) is 0 Å². The summed E-state index contributed by atoms with van der Waals surface area (Å²) in [5.41, 5.74) is 5.10. The molecular weight excluding hydrogens is 370 g/mol. The predicted octanol–water partition coefficient (Wildman–Crippen LogP) is 5.10. The molecule has 0 heterocycles. The fourth-order valence-electron chi connectivity index (χ4n) is 3.71. The third-order valence-corrected chi connectivity index (χ3v) is 5.45. The maximum absolute atomic E-state index is 13.3. The lowest BCUT2D eigenvalue weighted by atomic mass is 9.92. The highest BCUT2D eigenvalue weighted by Gasteiger charge is 2.23. The lowest BCUT2D eigenvalue weighted by Crippen LogP contribution is -2.43. The van der Waals surface area contributed by atoms with Crippen molar-refractivity contribution >= 4 is 11.7 Å². The standard InChI is InChI=1S/C27H29NO2/c1-3-11-22-16-10-17-24(20(22)2)19-26(29)25(18-21-12-6-4-7-13-21)28-27(30)23-14-8-5-9-15-23/h4-10,12-17,25H,3,11,18-19H2,1-2H3,(H,28,30). The Labute approximate surface area is 179 Å². The van der Waals surface area contributed by atoms with Crippen molar-refractivity contribution in [2.24, 2.45) is 0 Å². The SMILES string of the molecule is CCCc1cccc(CC(=O)C(Cc2ccccc2)NC(=O)c2ccccc2)c1C. The number of amides is 1. The molecule has 0 aliphatic heterocycles. The van der Waals surface area contributed by atoms with Crippen molar-refractivity contribution in [1.82, 2.24) is 5.32 Å². The minimum absolute atomic E-state index is 0.0277. The molecule has 1 amide bonds. The van der Waals surface area contributed by atoms with Crippen molar-refractivity contribution in [1.29, 1.82) is 0 Å². The summed E-state index contributed by atoms with van der Waals surface area (Å²) in [6, 6.07) is 24.5. The van der Waals surface area contributed by atoms with Gasteiger partial charge >= 0.3 is 0 Å². The van der Waals surface area contributed by atoms with E-state index in [1.807, 2.05) is 60.7 Å². The molecule has 154 valence electrons. The first-order chi connectivity index (χ1) is 14.6. The van der Waals surface area contributed by atoms with Gasteiger partial charge in [0.15, 0.2) is 5.78 Å². The second-order valence-corrected chi connectivity index (χ2v) is 7.68. The van der Waals surface area contributed by atoms with Crippen LogP contribution in [0.5, 0.6) is 0 Å². The minimum atomic E-state index is -0.575. The predicted molar refractivity (Wildman–Crippen MR) is 122 cm³/mol. The molecule has 0 aromatic heterocycles. The molecule has 0 bridgehead atoms. The van der Waals surface area contributed by atoms with Gasteiger partial charge < -0.3 is 5.32 Å². The molecule has 3 nitrogen and oxygen atoms in total. The third kappa shape index (κ3) is 5.66. The molecule has 3 rings (SSSR count). The third-order valence-electron chi connectivity index (χ3n) is 5.45. The second-order valence-electron chi connectivity index (χ2n) is 7.68. The number of hydrogen-bond donors (Lipinski definition) is 1. The maximum Gasteiger partial charge on any atom is 0.251 e. The van der Waals surface area contributed by atoms with Crippen LogP contribution < -0.4 is 5.32 Å². The molecule has 1 unspecified atom stereocenters. The second kappa shape index (κ2) is 10.5. The van der Waals surface area contributed by atoms with Gasteiger partial charge in [0.1, 0.15) is 0 Å². The Morgan fingerprint density at radius 1 is 0.833 bits per heavy atom. The van der Waals surface area contributed by atoms with Crippen molar-refractivity contribution in [2.45, 2.75) is 45.6 Å². The molecule has 3 aromatic carbocycles. The quantitative estimate of drug-likeness (QED) is 0.544. The number of hydrogen-bond acceptors (Lipinski definition) is 2. The summed E-state index contributed by atoms with van der Waals surface area (Å²) in [7, 11) is 0. The van der Waals surface area contributed by atoms with E-state index in [2.05, 4.69) is 25.2 Å². The van der Waals surface area contributed by atoms with Gasteiger partial charge in [-0.25, -0.2) is 0 Å². The zero-order chi connectivity index (χ0) is 21.3. The summed E-state index contributed by atoms with van der Waals surface area (Å²) >= 11 is 0. The van der Waals surface area contributed by atoms with Gasteiger partial charge in [-0.05, 0) is 54.2 Å². The highest BCUT2D eigenvalue weighted by molar-refractivity contribution is 5.98. The molecule has 0 saturated carbocycles. The van der Waals surface area contributed by atoms with Crippen LogP contribution in [0.4, 0.5) is 0 Å². The van der Waals surface area contributed by atoms with Gasteiger partial charge in [0, 0.05) is 12.0 Å². The average molecular weight is 400 g/mol. The first-order valence-electron chi connectivity index (χ1n) is 10.6. The molecule has 0 saturated heterocycles. The Bertz CT molecular complexity index is 980. The van der Waals surface area contributed by atoms with E-state index >= 15 is 0 Å². The number of aryl methyl sites for hydroxylation is 1. The fourth-order valence-corrected chi connectivity index (χ4v) is 3.71. The van der Waals surface area contributed by atoms with E-state index in [1.165, 1.54) is 11.1 Å². The van der Waals surface area contributed by atoms with Crippen molar-refractivity contribution < 1.29 is 9.59 Å². The Balaban J connectivity index is 1.81. The molecule has 30 heavy (non-hydrogen) atoms. The normalized spacial score (nSPS) is 11.7. The van der Waals surface area contributed by atoms with Crippen molar-refractivity contribution in [2.75, 3.05) is 0 Å². The summed E-state index contributed by atoms with van der Waals surface area (Å²) in [5, 5.41) is 2.97. The topological polar surface area (TPSA) is 46.2 Å².